The van der Waals surface area contributed by atoms with E-state index in [1.165, 1.54) is 10.5 Å². The quantitative estimate of drug-likeness (QED) is 0.0756. The number of fused-ring (bicyclic) bond motifs is 2. The van der Waals surface area contributed by atoms with E-state index in [4.69, 9.17) is 16.3 Å². The first-order valence-corrected chi connectivity index (χ1v) is 27.1. The standard InChI is InChI=1S/C57H73ClN8O6S/c1-34(37-17-19-38(20-18-37)48-35(2)60-33-73-48)61-51(70)46-26-43(67)31-66(46)52(71)49(55(3,4)5)62-47(68)32-65-41-22-23-42(65)30-64(29-41)25-11-10-12-36-13-15-39(16-14-36)50(69)63-53-56(6,7)54(57(53,8)9)72-44-24-21-40(28-59)45(58)27-44/h13-21,24,27,33-34,41-43,46,49,53-54,67H,10-12,22-23,25-26,29-32H2,1-9H3,(H,61,70)(H,62,68)(H,63,69)/t34-,41?,42?,43-,46+,49+,53-,54-/m0/s1. The van der Waals surface area contributed by atoms with Gasteiger partial charge in [0, 0.05) is 66.6 Å². The number of aliphatic hydroxyl groups is 1. The average Bonchev–Trinajstić information content (AvgIpc) is 4.02. The lowest BCUT2D eigenvalue weighted by Gasteiger charge is -2.63. The monoisotopic (exact) mass is 1030 g/mol. The van der Waals surface area contributed by atoms with Crippen molar-refractivity contribution in [2.24, 2.45) is 16.2 Å². The van der Waals surface area contributed by atoms with Gasteiger partial charge in [-0.2, -0.15) is 5.26 Å². The molecule has 4 heterocycles. The van der Waals surface area contributed by atoms with Crippen LogP contribution in [-0.4, -0.2) is 124 Å². The van der Waals surface area contributed by atoms with E-state index in [1.807, 2.05) is 88.7 Å². The van der Waals surface area contributed by atoms with Crippen LogP contribution in [-0.2, 0) is 20.8 Å². The molecule has 390 valence electrons. The van der Waals surface area contributed by atoms with Gasteiger partial charge in [-0.25, -0.2) is 4.98 Å². The fraction of sp³-hybridized carbons (Fsp3) is 0.544. The van der Waals surface area contributed by atoms with Gasteiger partial charge in [0.15, 0.2) is 0 Å². The molecular weight excluding hydrogens is 960 g/mol. The van der Waals surface area contributed by atoms with E-state index in [-0.39, 0.29) is 84.2 Å². The largest absolute Gasteiger partial charge is 0.489 e. The van der Waals surface area contributed by atoms with Crippen LogP contribution in [0.15, 0.2) is 72.2 Å². The van der Waals surface area contributed by atoms with Gasteiger partial charge < -0.3 is 35.6 Å². The Balaban J connectivity index is 0.773. The van der Waals surface area contributed by atoms with Gasteiger partial charge in [0.2, 0.25) is 17.7 Å². The molecule has 16 heteroatoms. The number of unbranched alkanes of at least 4 members (excludes halogenated alkanes) is 1. The number of amides is 4. The van der Waals surface area contributed by atoms with Crippen LogP contribution in [0.3, 0.4) is 0 Å². The van der Waals surface area contributed by atoms with Crippen LogP contribution >= 0.6 is 22.9 Å². The third kappa shape index (κ3) is 11.8. The number of likely N-dealkylation sites (tertiary alicyclic amines) is 2. The highest BCUT2D eigenvalue weighted by Gasteiger charge is 2.64. The number of hydrogen-bond acceptors (Lipinski definition) is 11. The van der Waals surface area contributed by atoms with Crippen LogP contribution in [0.4, 0.5) is 0 Å². The van der Waals surface area contributed by atoms with E-state index in [1.54, 1.807) is 29.5 Å². The Bertz CT molecular complexity index is 2670. The number of rotatable bonds is 17. The lowest BCUT2D eigenvalue weighted by Crippen LogP contribution is -2.74. The molecule has 14 nitrogen and oxygen atoms in total. The number of nitrogens with one attached hydrogen (secondary N) is 3. The smallest absolute Gasteiger partial charge is 0.251 e. The normalized spacial score (nSPS) is 24.2. The molecule has 1 aliphatic carbocycles. The fourth-order valence-electron chi connectivity index (χ4n) is 12.2. The molecule has 4 N–H and O–H groups in total. The lowest BCUT2D eigenvalue weighted by atomic mass is 9.49. The molecule has 4 amide bonds. The first-order valence-electron chi connectivity index (χ1n) is 25.9. The molecule has 2 bridgehead atoms. The maximum absolute atomic E-state index is 14.4. The topological polar surface area (TPSA) is 180 Å². The summed E-state index contributed by atoms with van der Waals surface area (Å²) in [6, 6.07) is 21.4. The van der Waals surface area contributed by atoms with E-state index in [0.717, 1.165) is 73.4 Å². The number of benzene rings is 3. The van der Waals surface area contributed by atoms with Crippen LogP contribution < -0.4 is 20.7 Å². The SMILES string of the molecule is Cc1ncsc1-c1ccc([C@H](C)NC(=O)[C@H]2C[C@H](O)CN2C(=O)[C@@H](NC(=O)CN2C3CCC2CN(CCCCc2ccc(C(=O)N[C@H]4C(C)(C)[C@H](Oc5ccc(C#N)c(Cl)c5)C4(C)C)cc2)C3)C(C)(C)C)cc1. The Labute approximate surface area is 440 Å². The second kappa shape index (κ2) is 21.8. The average molecular weight is 1030 g/mol. The van der Waals surface area contributed by atoms with Crippen molar-refractivity contribution in [1.82, 2.24) is 35.6 Å². The van der Waals surface area contributed by atoms with Gasteiger partial charge in [-0.05, 0) is 98.9 Å². The molecule has 6 atom stereocenters. The van der Waals surface area contributed by atoms with Crippen LogP contribution in [0.1, 0.15) is 126 Å². The van der Waals surface area contributed by atoms with E-state index in [0.29, 0.717) is 21.9 Å². The Morgan fingerprint density at radius 3 is 2.22 bits per heavy atom. The Kier molecular flexibility index (Phi) is 16.1. The van der Waals surface area contributed by atoms with E-state index in [2.05, 4.69) is 64.5 Å². The summed E-state index contributed by atoms with van der Waals surface area (Å²) in [5, 5.41) is 29.8. The molecular formula is C57H73ClN8O6S. The molecule has 73 heavy (non-hydrogen) atoms. The molecule has 0 spiro atoms. The number of thiazole rings is 1. The summed E-state index contributed by atoms with van der Waals surface area (Å²) >= 11 is 7.86. The third-order valence-corrected chi connectivity index (χ3v) is 17.2. The fourth-order valence-corrected chi connectivity index (χ4v) is 13.2. The highest BCUT2D eigenvalue weighted by Crippen LogP contribution is 2.55. The molecule has 3 saturated heterocycles. The number of nitriles is 1. The summed E-state index contributed by atoms with van der Waals surface area (Å²) in [7, 11) is 0. The summed E-state index contributed by atoms with van der Waals surface area (Å²) in [5.41, 5.74) is 5.61. The van der Waals surface area contributed by atoms with E-state index < -0.39 is 23.6 Å². The van der Waals surface area contributed by atoms with Crippen LogP contribution in [0.25, 0.3) is 10.4 Å². The zero-order chi connectivity index (χ0) is 52.6. The predicted octanol–water partition coefficient (Wildman–Crippen LogP) is 8.10. The molecule has 4 fully saturated rings. The van der Waals surface area contributed by atoms with Crippen LogP contribution in [0, 0.1) is 34.5 Å². The second-order valence-electron chi connectivity index (χ2n) is 23.2. The lowest BCUT2D eigenvalue weighted by molar-refractivity contribution is -0.164. The highest BCUT2D eigenvalue weighted by molar-refractivity contribution is 7.13. The maximum Gasteiger partial charge on any atom is 0.251 e. The number of ether oxygens (including phenoxy) is 1. The van der Waals surface area contributed by atoms with Gasteiger partial charge in [-0.1, -0.05) is 96.5 Å². The molecule has 3 aliphatic heterocycles. The zero-order valence-corrected chi connectivity index (χ0v) is 45.4. The number of β-amino-alcohol motifs (C(OH)–C–C–N with tert-alkyl or cyclic N) is 1. The molecule has 4 aliphatic rings. The number of aromatic nitrogens is 1. The summed E-state index contributed by atoms with van der Waals surface area (Å²) in [5.74, 6) is -0.433. The van der Waals surface area contributed by atoms with Gasteiger partial charge >= 0.3 is 0 Å². The zero-order valence-electron chi connectivity index (χ0n) is 43.8. The third-order valence-electron chi connectivity index (χ3n) is 15.9. The molecule has 4 aromatic rings. The Hall–Kier alpha value is -5.37. The molecule has 2 unspecified atom stereocenters. The molecule has 0 radical (unpaired) electrons. The predicted molar refractivity (Wildman–Crippen MR) is 285 cm³/mol. The summed E-state index contributed by atoms with van der Waals surface area (Å²) < 4.78 is 6.40. The van der Waals surface area contributed by atoms with Crippen molar-refractivity contribution in [2.45, 2.75) is 149 Å². The van der Waals surface area contributed by atoms with Crippen molar-refractivity contribution < 1.29 is 29.0 Å². The molecule has 1 aromatic heterocycles. The number of carbonyl (C=O) groups is 4. The Morgan fingerprint density at radius 1 is 0.945 bits per heavy atom. The minimum Gasteiger partial charge on any atom is -0.489 e. The van der Waals surface area contributed by atoms with Crippen molar-refractivity contribution in [3.05, 3.63) is 105 Å². The molecule has 8 rings (SSSR count). The van der Waals surface area contributed by atoms with Gasteiger partial charge in [-0.3, -0.25) is 24.1 Å². The number of aryl methyl sites for hydroxylation is 2. The van der Waals surface area contributed by atoms with E-state index >= 15 is 0 Å². The Morgan fingerprint density at radius 2 is 1.62 bits per heavy atom. The number of hydrogen-bond donors (Lipinski definition) is 4. The second-order valence-corrected chi connectivity index (χ2v) is 24.4. The molecule has 1 saturated carbocycles. The van der Waals surface area contributed by atoms with Gasteiger partial charge in [-0.15, -0.1) is 11.3 Å². The number of nitrogens with zero attached hydrogens (tertiary/aromatic N) is 5. The van der Waals surface area contributed by atoms with Crippen molar-refractivity contribution in [1.29, 1.82) is 5.26 Å². The minimum absolute atomic E-state index is 0.0188. The molecule has 3 aromatic carbocycles. The van der Waals surface area contributed by atoms with Gasteiger partial charge in [0.1, 0.15) is 30.0 Å². The summed E-state index contributed by atoms with van der Waals surface area (Å²) in [4.78, 5) is 67.4. The van der Waals surface area contributed by atoms with Crippen molar-refractivity contribution in [3.8, 4) is 22.3 Å². The maximum atomic E-state index is 14.4. The van der Waals surface area contributed by atoms with Crippen LogP contribution in [0.2, 0.25) is 5.02 Å². The number of carbonyl (C=O) groups excluding carboxylic acids is 4. The number of aliphatic hydroxyl groups excluding tert-OH is 1. The van der Waals surface area contributed by atoms with E-state index in [9.17, 15) is 29.5 Å². The minimum atomic E-state index is -0.891. The summed E-state index contributed by atoms with van der Waals surface area (Å²) in [6.07, 6.45) is 4.08. The highest BCUT2D eigenvalue weighted by atomic mass is 35.5. The number of piperazine rings is 1. The van der Waals surface area contributed by atoms with Gasteiger partial charge in [0.25, 0.3) is 5.91 Å². The summed E-state index contributed by atoms with van der Waals surface area (Å²) in [6.45, 7) is 21.0. The van der Waals surface area contributed by atoms with Crippen molar-refractivity contribution >= 4 is 46.6 Å². The first kappa shape index (κ1) is 53.9. The first-order chi connectivity index (χ1) is 34.5. The van der Waals surface area contributed by atoms with Crippen molar-refractivity contribution in [2.75, 3.05) is 32.7 Å². The number of halogens is 1. The van der Waals surface area contributed by atoms with Crippen LogP contribution in [0.5, 0.6) is 5.75 Å². The van der Waals surface area contributed by atoms with Crippen molar-refractivity contribution in [3.63, 3.8) is 0 Å². The van der Waals surface area contributed by atoms with Gasteiger partial charge in [0.05, 0.1) is 45.4 Å².